The number of carboxylic acid groups (broad SMARTS) is 1. The molecule has 0 N–H and O–H groups in total. The molecule has 0 bridgehead atoms. The summed E-state index contributed by atoms with van der Waals surface area (Å²) in [6.45, 7) is 1.43. The first-order chi connectivity index (χ1) is 5.20. The summed E-state index contributed by atoms with van der Waals surface area (Å²) in [6.07, 6.45) is 4.31. The maximum absolute atomic E-state index is 10.2. The van der Waals surface area contributed by atoms with Crippen LogP contribution in [-0.2, 0) is 4.79 Å². The molecule has 0 fully saturated rings. The molecule has 0 spiro atoms. The number of nitrogens with zero attached hydrogens (tertiary/aromatic N) is 3. The quantitative estimate of drug-likeness (QED) is 0.338. The van der Waals surface area contributed by atoms with Crippen molar-refractivity contribution >= 4 is 12.2 Å². The summed E-state index contributed by atoms with van der Waals surface area (Å²) in [6, 6.07) is 0. The van der Waals surface area contributed by atoms with Gasteiger partial charge in [-0.25, -0.2) is 4.68 Å². The SMILES string of the molecule is C/C(=C/n1ccnn1)C(=O)[O-].[Na+]. The van der Waals surface area contributed by atoms with Crippen molar-refractivity contribution in [3.8, 4) is 0 Å². The molecule has 0 atom stereocenters. The van der Waals surface area contributed by atoms with Crippen LogP contribution in [0.3, 0.4) is 0 Å². The standard InChI is InChI=1S/C6H7N3O2.Na/c1-5(6(10)11)4-9-3-2-7-8-9;/h2-4H,1H3,(H,10,11);/q;+1/p-1/b5-4-;. The second-order valence-electron chi connectivity index (χ2n) is 1.98. The largest absolute Gasteiger partial charge is 1.00 e. The summed E-state index contributed by atoms with van der Waals surface area (Å²) in [5.74, 6) is -1.21. The molecule has 58 valence electrons. The van der Waals surface area contributed by atoms with Crippen LogP contribution in [0.1, 0.15) is 6.92 Å². The van der Waals surface area contributed by atoms with Gasteiger partial charge < -0.3 is 9.90 Å². The van der Waals surface area contributed by atoms with Crippen LogP contribution in [0.25, 0.3) is 6.20 Å². The average molecular weight is 175 g/mol. The van der Waals surface area contributed by atoms with E-state index in [1.54, 1.807) is 0 Å². The summed E-state index contributed by atoms with van der Waals surface area (Å²) in [5.41, 5.74) is 0.107. The first-order valence-corrected chi connectivity index (χ1v) is 2.95. The maximum Gasteiger partial charge on any atom is 1.00 e. The van der Waals surface area contributed by atoms with Crippen molar-refractivity contribution in [1.82, 2.24) is 15.0 Å². The Balaban J connectivity index is 0.00000121. The van der Waals surface area contributed by atoms with Crippen LogP contribution in [0.15, 0.2) is 18.0 Å². The number of carbonyl (C=O) groups excluding carboxylic acids is 1. The van der Waals surface area contributed by atoms with Crippen LogP contribution in [0, 0.1) is 0 Å². The van der Waals surface area contributed by atoms with E-state index in [4.69, 9.17) is 0 Å². The molecule has 0 saturated carbocycles. The summed E-state index contributed by atoms with van der Waals surface area (Å²) < 4.78 is 1.30. The molecule has 12 heavy (non-hydrogen) atoms. The van der Waals surface area contributed by atoms with Crippen molar-refractivity contribution in [2.45, 2.75) is 6.92 Å². The Kier molecular flexibility index (Phi) is 4.80. The van der Waals surface area contributed by atoms with Gasteiger partial charge in [0.25, 0.3) is 0 Å². The summed E-state index contributed by atoms with van der Waals surface area (Å²) >= 11 is 0. The average Bonchev–Trinajstić information content (AvgIpc) is 2.39. The summed E-state index contributed by atoms with van der Waals surface area (Å²) in [4.78, 5) is 10.2. The molecule has 0 unspecified atom stereocenters. The van der Waals surface area contributed by atoms with Gasteiger partial charge in [-0.05, 0) is 12.5 Å². The molecular weight excluding hydrogens is 169 g/mol. The Labute approximate surface area is 91.4 Å². The van der Waals surface area contributed by atoms with E-state index in [0.717, 1.165) is 0 Å². The second kappa shape index (κ2) is 5.08. The fourth-order valence-electron chi connectivity index (χ4n) is 0.537. The van der Waals surface area contributed by atoms with E-state index >= 15 is 0 Å². The molecule has 6 heteroatoms. The fraction of sp³-hybridized carbons (Fsp3) is 0.167. The fourth-order valence-corrected chi connectivity index (χ4v) is 0.537. The summed E-state index contributed by atoms with van der Waals surface area (Å²) in [7, 11) is 0. The van der Waals surface area contributed by atoms with Gasteiger partial charge in [0.05, 0.1) is 18.4 Å². The van der Waals surface area contributed by atoms with Crippen molar-refractivity contribution in [3.63, 3.8) is 0 Å². The molecule has 0 saturated heterocycles. The number of carbonyl (C=O) groups is 1. The zero-order valence-corrected chi connectivity index (χ0v) is 8.89. The van der Waals surface area contributed by atoms with E-state index in [-0.39, 0.29) is 35.1 Å². The van der Waals surface area contributed by atoms with Gasteiger partial charge >= 0.3 is 29.6 Å². The van der Waals surface area contributed by atoms with Gasteiger partial charge in [0.2, 0.25) is 0 Å². The molecule has 1 aromatic rings. The van der Waals surface area contributed by atoms with E-state index in [0.29, 0.717) is 0 Å². The molecule has 0 amide bonds. The normalized spacial score (nSPS) is 10.6. The van der Waals surface area contributed by atoms with Gasteiger partial charge in [0, 0.05) is 6.20 Å². The van der Waals surface area contributed by atoms with Crippen molar-refractivity contribution < 1.29 is 39.5 Å². The molecule has 1 rings (SSSR count). The topological polar surface area (TPSA) is 70.8 Å². The van der Waals surface area contributed by atoms with E-state index in [9.17, 15) is 9.90 Å². The molecule has 1 heterocycles. The molecular formula is C6H6N3NaO2. The Hall–Kier alpha value is -0.650. The predicted molar refractivity (Wildman–Crippen MR) is 35.0 cm³/mol. The van der Waals surface area contributed by atoms with Gasteiger partial charge in [-0.3, -0.25) is 0 Å². The Morgan fingerprint density at radius 3 is 2.75 bits per heavy atom. The molecule has 0 radical (unpaired) electrons. The number of hydrogen-bond acceptors (Lipinski definition) is 4. The third kappa shape index (κ3) is 3.17. The van der Waals surface area contributed by atoms with E-state index in [2.05, 4.69) is 10.3 Å². The molecule has 0 aliphatic heterocycles. The number of rotatable bonds is 2. The third-order valence-corrected chi connectivity index (χ3v) is 1.09. The van der Waals surface area contributed by atoms with Gasteiger partial charge in [-0.2, -0.15) is 0 Å². The van der Waals surface area contributed by atoms with E-state index in [1.165, 1.54) is 30.2 Å². The third-order valence-electron chi connectivity index (χ3n) is 1.09. The van der Waals surface area contributed by atoms with E-state index < -0.39 is 5.97 Å². The van der Waals surface area contributed by atoms with E-state index in [1.807, 2.05) is 0 Å². The minimum absolute atomic E-state index is 0. The monoisotopic (exact) mass is 175 g/mol. The van der Waals surface area contributed by atoms with Crippen LogP contribution < -0.4 is 34.7 Å². The zero-order valence-electron chi connectivity index (χ0n) is 6.89. The van der Waals surface area contributed by atoms with Crippen LogP contribution >= 0.6 is 0 Å². The van der Waals surface area contributed by atoms with Gasteiger partial charge in [-0.1, -0.05) is 5.21 Å². The Bertz CT molecular complexity index is 281. The van der Waals surface area contributed by atoms with Gasteiger partial charge in [0.15, 0.2) is 0 Å². The molecule has 0 aliphatic rings. The number of aliphatic carboxylic acids is 1. The van der Waals surface area contributed by atoms with Crippen LogP contribution in [-0.4, -0.2) is 21.0 Å². The minimum atomic E-state index is -1.21. The number of hydrogen-bond donors (Lipinski definition) is 0. The van der Waals surface area contributed by atoms with Gasteiger partial charge in [-0.15, -0.1) is 5.10 Å². The van der Waals surface area contributed by atoms with Gasteiger partial charge in [0.1, 0.15) is 0 Å². The molecule has 1 aromatic heterocycles. The van der Waals surface area contributed by atoms with Crippen LogP contribution in [0.5, 0.6) is 0 Å². The Morgan fingerprint density at radius 1 is 1.67 bits per heavy atom. The van der Waals surface area contributed by atoms with Crippen LogP contribution in [0.2, 0.25) is 0 Å². The zero-order chi connectivity index (χ0) is 8.27. The maximum atomic E-state index is 10.2. The van der Waals surface area contributed by atoms with Crippen LogP contribution in [0.4, 0.5) is 0 Å². The van der Waals surface area contributed by atoms with Crippen molar-refractivity contribution in [2.24, 2.45) is 0 Å². The van der Waals surface area contributed by atoms with Crippen molar-refractivity contribution in [3.05, 3.63) is 18.0 Å². The van der Waals surface area contributed by atoms with Crippen molar-refractivity contribution in [2.75, 3.05) is 0 Å². The molecule has 0 aromatic carbocycles. The Morgan fingerprint density at radius 2 is 2.33 bits per heavy atom. The first kappa shape index (κ1) is 11.4. The van der Waals surface area contributed by atoms with Crippen molar-refractivity contribution in [1.29, 1.82) is 0 Å². The predicted octanol–water partition coefficient (Wildman–Crippen LogP) is -4.11. The number of carboxylic acids is 1. The molecule has 5 nitrogen and oxygen atoms in total. The number of aromatic nitrogens is 3. The first-order valence-electron chi connectivity index (χ1n) is 2.95. The smallest absolute Gasteiger partial charge is 0.545 e. The molecule has 0 aliphatic carbocycles. The summed E-state index contributed by atoms with van der Waals surface area (Å²) in [5, 5.41) is 17.2. The second-order valence-corrected chi connectivity index (χ2v) is 1.98. The minimum Gasteiger partial charge on any atom is -0.545 e.